The lowest BCUT2D eigenvalue weighted by atomic mass is 10.1. The maximum Gasteiger partial charge on any atom is 0.271 e. The summed E-state index contributed by atoms with van der Waals surface area (Å²) in [7, 11) is 0. The topological polar surface area (TPSA) is 82.7 Å². The molecule has 0 aliphatic heterocycles. The van der Waals surface area contributed by atoms with Crippen LogP contribution in [0.25, 0.3) is 10.9 Å². The molecule has 0 radical (unpaired) electrons. The Morgan fingerprint density at radius 3 is 2.57 bits per heavy atom. The van der Waals surface area contributed by atoms with Crippen LogP contribution in [0, 0.1) is 0 Å². The number of nitrogens with zero attached hydrogens (tertiary/aromatic N) is 2. The van der Waals surface area contributed by atoms with Crippen LogP contribution in [0.2, 0.25) is 0 Å². The Balaban J connectivity index is 1.21. The first-order chi connectivity index (χ1) is 14.8. The van der Waals surface area contributed by atoms with E-state index >= 15 is 0 Å². The molecule has 0 aliphatic carbocycles. The predicted octanol–water partition coefficient (Wildman–Crippen LogP) is 3.98. The molecule has 152 valence electrons. The van der Waals surface area contributed by atoms with Crippen molar-refractivity contribution < 1.29 is 4.79 Å². The van der Waals surface area contributed by atoms with Gasteiger partial charge in [-0.3, -0.25) is 4.79 Å². The molecule has 0 unspecified atom stereocenters. The molecule has 0 saturated carbocycles. The molecule has 4 rings (SSSR count). The molecule has 0 saturated heterocycles. The molecule has 0 atom stereocenters. The van der Waals surface area contributed by atoms with E-state index in [9.17, 15) is 4.79 Å². The van der Waals surface area contributed by atoms with Crippen LogP contribution >= 0.6 is 0 Å². The average Bonchev–Trinajstić information content (AvgIpc) is 3.21. The highest BCUT2D eigenvalue weighted by atomic mass is 16.1. The van der Waals surface area contributed by atoms with Gasteiger partial charge in [-0.2, -0.15) is 0 Å². The number of rotatable bonds is 9. The van der Waals surface area contributed by atoms with Crippen molar-refractivity contribution in [3.63, 3.8) is 0 Å². The van der Waals surface area contributed by atoms with E-state index in [1.165, 1.54) is 22.7 Å². The van der Waals surface area contributed by atoms with E-state index in [0.29, 0.717) is 18.1 Å². The number of nitrogens with one attached hydrogen (secondary N) is 3. The Bertz CT molecular complexity index is 1090. The SMILES string of the molecule is O=C(NCCc1c[nH]c2ccccc12)c1cnc(NCCCc2ccccc2)cn1. The molecule has 2 heterocycles. The van der Waals surface area contributed by atoms with Crippen molar-refractivity contribution in [3.05, 3.63) is 90.0 Å². The number of hydrogen-bond acceptors (Lipinski definition) is 4. The predicted molar refractivity (Wildman–Crippen MR) is 120 cm³/mol. The zero-order chi connectivity index (χ0) is 20.6. The summed E-state index contributed by atoms with van der Waals surface area (Å²) in [5.41, 5.74) is 3.94. The Morgan fingerprint density at radius 2 is 1.73 bits per heavy atom. The van der Waals surface area contributed by atoms with E-state index in [1.807, 2.05) is 30.5 Å². The number of carbonyl (C=O) groups excluding carboxylic acids is 1. The van der Waals surface area contributed by atoms with Crippen molar-refractivity contribution in [2.24, 2.45) is 0 Å². The Morgan fingerprint density at radius 1 is 0.900 bits per heavy atom. The number of H-pyrrole nitrogens is 1. The van der Waals surface area contributed by atoms with Crippen molar-refractivity contribution >= 4 is 22.6 Å². The summed E-state index contributed by atoms with van der Waals surface area (Å²) in [6.45, 7) is 1.35. The summed E-state index contributed by atoms with van der Waals surface area (Å²) in [4.78, 5) is 24.1. The summed E-state index contributed by atoms with van der Waals surface area (Å²) < 4.78 is 0. The second-order valence-electron chi connectivity index (χ2n) is 7.17. The van der Waals surface area contributed by atoms with Crippen molar-refractivity contribution in [3.8, 4) is 0 Å². The van der Waals surface area contributed by atoms with Crippen LogP contribution in [0.1, 0.15) is 28.0 Å². The average molecular weight is 399 g/mol. The number of fused-ring (bicyclic) bond motifs is 1. The molecule has 30 heavy (non-hydrogen) atoms. The van der Waals surface area contributed by atoms with E-state index in [0.717, 1.165) is 31.3 Å². The monoisotopic (exact) mass is 399 g/mol. The minimum atomic E-state index is -0.210. The maximum absolute atomic E-state index is 12.3. The third kappa shape index (κ3) is 5.03. The van der Waals surface area contributed by atoms with Gasteiger partial charge in [-0.15, -0.1) is 0 Å². The minimum absolute atomic E-state index is 0.210. The zero-order valence-electron chi connectivity index (χ0n) is 16.8. The quantitative estimate of drug-likeness (QED) is 0.372. The molecule has 0 spiro atoms. The second-order valence-corrected chi connectivity index (χ2v) is 7.17. The molecule has 6 heteroatoms. The fraction of sp³-hybridized carbons (Fsp3) is 0.208. The van der Waals surface area contributed by atoms with Gasteiger partial charge in [0.05, 0.1) is 12.4 Å². The number of para-hydroxylation sites is 1. The fourth-order valence-electron chi connectivity index (χ4n) is 3.43. The molecule has 2 aromatic heterocycles. The van der Waals surface area contributed by atoms with E-state index < -0.39 is 0 Å². The third-order valence-electron chi connectivity index (χ3n) is 5.03. The first-order valence-corrected chi connectivity index (χ1v) is 10.2. The van der Waals surface area contributed by atoms with E-state index in [1.54, 1.807) is 6.20 Å². The number of hydrogen-bond donors (Lipinski definition) is 3. The van der Waals surface area contributed by atoms with Crippen LogP contribution < -0.4 is 10.6 Å². The van der Waals surface area contributed by atoms with Crippen molar-refractivity contribution in [1.82, 2.24) is 20.3 Å². The lowest BCUT2D eigenvalue weighted by Crippen LogP contribution is -2.26. The van der Waals surface area contributed by atoms with Gasteiger partial charge < -0.3 is 15.6 Å². The van der Waals surface area contributed by atoms with Gasteiger partial charge in [0.1, 0.15) is 11.5 Å². The van der Waals surface area contributed by atoms with Crippen LogP contribution in [0.15, 0.2) is 73.2 Å². The van der Waals surface area contributed by atoms with Crippen molar-refractivity contribution in [2.75, 3.05) is 18.4 Å². The molecule has 2 aromatic carbocycles. The highest BCUT2D eigenvalue weighted by Crippen LogP contribution is 2.17. The summed E-state index contributed by atoms with van der Waals surface area (Å²) in [5, 5.41) is 7.36. The van der Waals surface area contributed by atoms with E-state index in [4.69, 9.17) is 0 Å². The molecule has 4 aromatic rings. The Hall–Kier alpha value is -3.67. The molecular formula is C24H25N5O. The van der Waals surface area contributed by atoms with Crippen LogP contribution in [0.4, 0.5) is 5.82 Å². The lowest BCUT2D eigenvalue weighted by Gasteiger charge is -2.07. The highest BCUT2D eigenvalue weighted by Gasteiger charge is 2.09. The van der Waals surface area contributed by atoms with Gasteiger partial charge >= 0.3 is 0 Å². The number of aryl methyl sites for hydroxylation is 1. The van der Waals surface area contributed by atoms with Gasteiger partial charge in [0.25, 0.3) is 5.91 Å². The summed E-state index contributed by atoms with van der Waals surface area (Å²) in [6, 6.07) is 18.5. The second kappa shape index (κ2) is 9.69. The maximum atomic E-state index is 12.3. The van der Waals surface area contributed by atoms with Gasteiger partial charge in [-0.1, -0.05) is 48.5 Å². The largest absolute Gasteiger partial charge is 0.369 e. The molecular weight excluding hydrogens is 374 g/mol. The third-order valence-corrected chi connectivity index (χ3v) is 5.03. The standard InChI is InChI=1S/C24H25N5O/c30-24(26-14-12-19-15-27-21-11-5-4-10-20(19)21)22-16-29-23(17-28-22)25-13-6-9-18-7-2-1-3-8-18/h1-5,7-8,10-11,15-17,27H,6,9,12-14H2,(H,25,29)(H,26,30). The summed E-state index contributed by atoms with van der Waals surface area (Å²) in [6.07, 6.45) is 7.89. The Labute approximate surface area is 175 Å². The number of benzene rings is 2. The smallest absolute Gasteiger partial charge is 0.271 e. The van der Waals surface area contributed by atoms with E-state index in [-0.39, 0.29) is 5.91 Å². The van der Waals surface area contributed by atoms with Crippen LogP contribution in [0.5, 0.6) is 0 Å². The summed E-state index contributed by atoms with van der Waals surface area (Å²) >= 11 is 0. The first-order valence-electron chi connectivity index (χ1n) is 10.2. The van der Waals surface area contributed by atoms with Crippen LogP contribution in [-0.4, -0.2) is 33.9 Å². The van der Waals surface area contributed by atoms with Crippen LogP contribution in [0.3, 0.4) is 0 Å². The molecule has 1 amide bonds. The van der Waals surface area contributed by atoms with Crippen molar-refractivity contribution in [1.29, 1.82) is 0 Å². The number of aromatic amines is 1. The molecule has 0 bridgehead atoms. The Kier molecular flexibility index (Phi) is 6.35. The minimum Gasteiger partial charge on any atom is -0.369 e. The fourth-order valence-corrected chi connectivity index (χ4v) is 3.43. The number of anilines is 1. The first kappa shape index (κ1) is 19.6. The molecule has 6 nitrogen and oxygen atoms in total. The number of aromatic nitrogens is 3. The van der Waals surface area contributed by atoms with Gasteiger partial charge in [-0.05, 0) is 36.5 Å². The molecule has 3 N–H and O–H groups in total. The van der Waals surface area contributed by atoms with Crippen molar-refractivity contribution in [2.45, 2.75) is 19.3 Å². The van der Waals surface area contributed by atoms with Gasteiger partial charge in [0, 0.05) is 30.2 Å². The number of carbonyl (C=O) groups is 1. The van der Waals surface area contributed by atoms with Crippen LogP contribution in [-0.2, 0) is 12.8 Å². The normalized spacial score (nSPS) is 10.8. The summed E-state index contributed by atoms with van der Waals surface area (Å²) in [5.74, 6) is 0.469. The molecule has 0 aliphatic rings. The van der Waals surface area contributed by atoms with E-state index in [2.05, 4.69) is 55.9 Å². The van der Waals surface area contributed by atoms with Gasteiger partial charge in [0.15, 0.2) is 0 Å². The zero-order valence-corrected chi connectivity index (χ0v) is 16.8. The highest BCUT2D eigenvalue weighted by molar-refractivity contribution is 5.92. The molecule has 0 fully saturated rings. The number of amides is 1. The lowest BCUT2D eigenvalue weighted by molar-refractivity contribution is 0.0949. The van der Waals surface area contributed by atoms with Gasteiger partial charge in [-0.25, -0.2) is 9.97 Å². The van der Waals surface area contributed by atoms with Gasteiger partial charge in [0.2, 0.25) is 0 Å².